The number of rotatable bonds is 2. The highest BCUT2D eigenvalue weighted by Gasteiger charge is 2.05. The Morgan fingerprint density at radius 2 is 2.23 bits per heavy atom. The Kier molecular flexibility index (Phi) is 3.32. The van der Waals surface area contributed by atoms with Crippen molar-refractivity contribution in [2.45, 2.75) is 20.0 Å². The number of nitriles is 1. The van der Waals surface area contributed by atoms with Gasteiger partial charge in [-0.25, -0.2) is 0 Å². The lowest BCUT2D eigenvalue weighted by molar-refractivity contribution is 0.274. The fourth-order valence-corrected chi connectivity index (χ4v) is 1.50. The molecule has 0 N–H and O–H groups in total. The fraction of sp³-hybridized carbons (Fsp3) is 0.300. The van der Waals surface area contributed by atoms with Gasteiger partial charge < -0.3 is 4.74 Å². The molecule has 0 spiro atoms. The Bertz CT molecular complexity index is 343. The Morgan fingerprint density at radius 3 is 2.77 bits per heavy atom. The van der Waals surface area contributed by atoms with Crippen molar-refractivity contribution in [1.29, 1.82) is 5.26 Å². The zero-order valence-corrected chi connectivity index (χ0v) is 9.13. The van der Waals surface area contributed by atoms with Gasteiger partial charge in [-0.2, -0.15) is 5.26 Å². The molecule has 68 valence electrons. The summed E-state index contributed by atoms with van der Waals surface area (Å²) in [5.74, 6) is 0.708. The molecule has 1 unspecified atom stereocenters. The number of benzene rings is 1. The topological polar surface area (TPSA) is 33.0 Å². The van der Waals surface area contributed by atoms with Crippen LogP contribution in [0.25, 0.3) is 0 Å². The van der Waals surface area contributed by atoms with Crippen molar-refractivity contribution in [1.82, 2.24) is 0 Å². The van der Waals surface area contributed by atoms with Crippen LogP contribution < -0.4 is 4.74 Å². The summed E-state index contributed by atoms with van der Waals surface area (Å²) in [6, 6.07) is 7.77. The summed E-state index contributed by atoms with van der Waals surface area (Å²) >= 11 is 3.37. The van der Waals surface area contributed by atoms with E-state index >= 15 is 0 Å². The summed E-state index contributed by atoms with van der Waals surface area (Å²) in [4.78, 5) is 0. The van der Waals surface area contributed by atoms with Gasteiger partial charge in [0.15, 0.2) is 6.10 Å². The van der Waals surface area contributed by atoms with Crippen LogP contribution in [0, 0.1) is 18.3 Å². The van der Waals surface area contributed by atoms with Crippen LogP contribution in [0.3, 0.4) is 0 Å². The van der Waals surface area contributed by atoms with Gasteiger partial charge in [0, 0.05) is 0 Å². The normalized spacial score (nSPS) is 11.8. The lowest BCUT2D eigenvalue weighted by Gasteiger charge is -2.09. The predicted octanol–water partition coefficient (Wildman–Crippen LogP) is 3.05. The van der Waals surface area contributed by atoms with Gasteiger partial charge in [0.1, 0.15) is 11.8 Å². The van der Waals surface area contributed by atoms with Crippen molar-refractivity contribution in [2.75, 3.05) is 0 Å². The van der Waals surface area contributed by atoms with Gasteiger partial charge in [0.05, 0.1) is 4.47 Å². The minimum absolute atomic E-state index is 0.418. The van der Waals surface area contributed by atoms with Gasteiger partial charge in [-0.15, -0.1) is 0 Å². The third-order valence-corrected chi connectivity index (χ3v) is 2.19. The van der Waals surface area contributed by atoms with E-state index in [-0.39, 0.29) is 0 Å². The largest absolute Gasteiger partial charge is 0.475 e. The molecule has 3 heteroatoms. The lowest BCUT2D eigenvalue weighted by Crippen LogP contribution is -2.08. The summed E-state index contributed by atoms with van der Waals surface area (Å²) in [5, 5.41) is 8.55. The van der Waals surface area contributed by atoms with Gasteiger partial charge in [-0.05, 0) is 47.5 Å². The first-order chi connectivity index (χ1) is 6.13. The van der Waals surface area contributed by atoms with E-state index in [1.54, 1.807) is 6.92 Å². The molecule has 0 radical (unpaired) electrons. The van der Waals surface area contributed by atoms with Crippen molar-refractivity contribution < 1.29 is 4.74 Å². The van der Waals surface area contributed by atoms with E-state index in [9.17, 15) is 0 Å². The summed E-state index contributed by atoms with van der Waals surface area (Å²) in [6.07, 6.45) is -0.418. The van der Waals surface area contributed by atoms with E-state index in [0.717, 1.165) is 10.0 Å². The average molecular weight is 240 g/mol. The summed E-state index contributed by atoms with van der Waals surface area (Å²) in [6.45, 7) is 3.72. The second-order valence-electron chi connectivity index (χ2n) is 2.82. The van der Waals surface area contributed by atoms with E-state index in [2.05, 4.69) is 15.9 Å². The van der Waals surface area contributed by atoms with E-state index < -0.39 is 6.10 Å². The molecule has 0 saturated carbocycles. The van der Waals surface area contributed by atoms with Crippen LogP contribution in [-0.4, -0.2) is 6.10 Å². The molecule has 0 heterocycles. The molecule has 1 aromatic rings. The van der Waals surface area contributed by atoms with E-state index in [1.165, 1.54) is 0 Å². The molecule has 0 fully saturated rings. The molecule has 1 atom stereocenters. The molecule has 0 aliphatic rings. The maximum Gasteiger partial charge on any atom is 0.181 e. The average Bonchev–Trinajstić information content (AvgIpc) is 2.09. The molecule has 13 heavy (non-hydrogen) atoms. The maximum absolute atomic E-state index is 8.55. The molecule has 1 rings (SSSR count). The summed E-state index contributed by atoms with van der Waals surface area (Å²) in [5.41, 5.74) is 1.16. The number of nitrogens with zero attached hydrogens (tertiary/aromatic N) is 1. The van der Waals surface area contributed by atoms with Crippen LogP contribution in [0.4, 0.5) is 0 Å². The molecule has 0 bridgehead atoms. The van der Waals surface area contributed by atoms with Crippen LogP contribution >= 0.6 is 15.9 Å². The highest BCUT2D eigenvalue weighted by atomic mass is 79.9. The van der Waals surface area contributed by atoms with Crippen molar-refractivity contribution in [2.24, 2.45) is 0 Å². The summed E-state index contributed by atoms with van der Waals surface area (Å²) in [7, 11) is 0. The highest BCUT2D eigenvalue weighted by Crippen LogP contribution is 2.26. The quantitative estimate of drug-likeness (QED) is 0.795. The molecular formula is C10H10BrNO. The zero-order valence-electron chi connectivity index (χ0n) is 7.54. The molecular weight excluding hydrogens is 230 g/mol. The minimum atomic E-state index is -0.418. The smallest absolute Gasteiger partial charge is 0.181 e. The molecule has 1 aromatic carbocycles. The number of hydrogen-bond donors (Lipinski definition) is 0. The monoisotopic (exact) mass is 239 g/mol. The Labute approximate surface area is 86.3 Å². The Balaban J connectivity index is 2.85. The fourth-order valence-electron chi connectivity index (χ4n) is 0.918. The van der Waals surface area contributed by atoms with Crippen molar-refractivity contribution in [3.63, 3.8) is 0 Å². The predicted molar refractivity (Wildman–Crippen MR) is 54.6 cm³/mol. The first-order valence-electron chi connectivity index (χ1n) is 3.96. The molecule has 2 nitrogen and oxygen atoms in total. The summed E-state index contributed by atoms with van der Waals surface area (Å²) < 4.78 is 6.23. The number of halogens is 1. The van der Waals surface area contributed by atoms with Crippen LogP contribution in [0.15, 0.2) is 22.7 Å². The molecule has 0 saturated heterocycles. The molecule has 0 aliphatic carbocycles. The van der Waals surface area contributed by atoms with E-state index in [0.29, 0.717) is 5.75 Å². The van der Waals surface area contributed by atoms with Crippen molar-refractivity contribution in [3.8, 4) is 11.8 Å². The van der Waals surface area contributed by atoms with Crippen molar-refractivity contribution >= 4 is 15.9 Å². The minimum Gasteiger partial charge on any atom is -0.475 e. The molecule has 0 aromatic heterocycles. The van der Waals surface area contributed by atoms with Crippen LogP contribution in [0.5, 0.6) is 5.75 Å². The standard InChI is InChI=1S/C10H10BrNO/c1-7-3-4-10(9(11)5-7)13-8(2)6-12/h3-5,8H,1-2H3. The van der Waals surface area contributed by atoms with Gasteiger partial charge in [-0.1, -0.05) is 6.07 Å². The van der Waals surface area contributed by atoms with Gasteiger partial charge in [0.2, 0.25) is 0 Å². The molecule has 0 aliphatic heterocycles. The third kappa shape index (κ3) is 2.74. The van der Waals surface area contributed by atoms with Crippen LogP contribution in [0.2, 0.25) is 0 Å². The SMILES string of the molecule is Cc1ccc(OC(C)C#N)c(Br)c1. The van der Waals surface area contributed by atoms with Gasteiger partial charge in [-0.3, -0.25) is 0 Å². The van der Waals surface area contributed by atoms with Crippen molar-refractivity contribution in [3.05, 3.63) is 28.2 Å². The Morgan fingerprint density at radius 1 is 1.54 bits per heavy atom. The first-order valence-corrected chi connectivity index (χ1v) is 4.75. The van der Waals surface area contributed by atoms with Crippen LogP contribution in [0.1, 0.15) is 12.5 Å². The lowest BCUT2D eigenvalue weighted by atomic mass is 10.2. The second kappa shape index (κ2) is 4.29. The zero-order chi connectivity index (χ0) is 9.84. The van der Waals surface area contributed by atoms with Gasteiger partial charge >= 0.3 is 0 Å². The van der Waals surface area contributed by atoms with E-state index in [1.807, 2.05) is 31.2 Å². The number of hydrogen-bond acceptors (Lipinski definition) is 2. The highest BCUT2D eigenvalue weighted by molar-refractivity contribution is 9.10. The van der Waals surface area contributed by atoms with Gasteiger partial charge in [0.25, 0.3) is 0 Å². The van der Waals surface area contributed by atoms with Crippen LogP contribution in [-0.2, 0) is 0 Å². The second-order valence-corrected chi connectivity index (χ2v) is 3.68. The molecule has 0 amide bonds. The number of aryl methyl sites for hydroxylation is 1. The number of ether oxygens (including phenoxy) is 1. The van der Waals surface area contributed by atoms with E-state index in [4.69, 9.17) is 10.00 Å². The third-order valence-electron chi connectivity index (χ3n) is 1.57. The maximum atomic E-state index is 8.55. The Hall–Kier alpha value is -1.01. The first kappa shape index (κ1) is 10.1.